The second-order valence-electron chi connectivity index (χ2n) is 6.25. The van der Waals surface area contributed by atoms with E-state index in [1.165, 1.54) is 5.56 Å². The van der Waals surface area contributed by atoms with E-state index in [2.05, 4.69) is 5.32 Å². The van der Waals surface area contributed by atoms with E-state index in [4.69, 9.17) is 23.2 Å². The van der Waals surface area contributed by atoms with Crippen molar-refractivity contribution in [3.05, 3.63) is 63.6 Å². The van der Waals surface area contributed by atoms with Crippen LogP contribution in [0.15, 0.2) is 42.5 Å². The van der Waals surface area contributed by atoms with E-state index in [1.807, 2.05) is 31.2 Å². The van der Waals surface area contributed by atoms with Crippen molar-refractivity contribution in [3.8, 4) is 0 Å². The van der Waals surface area contributed by atoms with Crippen molar-refractivity contribution in [3.63, 3.8) is 0 Å². The number of carbonyl (C=O) groups excluding carboxylic acids is 2. The first kappa shape index (κ1) is 17.8. The van der Waals surface area contributed by atoms with E-state index in [0.717, 1.165) is 5.56 Å². The van der Waals surface area contributed by atoms with E-state index < -0.39 is 5.92 Å². The molecule has 0 bridgehead atoms. The number of anilines is 1. The highest BCUT2D eigenvalue weighted by Crippen LogP contribution is 2.30. The number of nitrogens with zero attached hydrogens (tertiary/aromatic N) is 1. The van der Waals surface area contributed by atoms with Crippen molar-refractivity contribution in [1.82, 2.24) is 4.90 Å². The second-order valence-corrected chi connectivity index (χ2v) is 7.04. The summed E-state index contributed by atoms with van der Waals surface area (Å²) >= 11 is 12.1. The van der Waals surface area contributed by atoms with Gasteiger partial charge in [-0.15, -0.1) is 0 Å². The van der Waals surface area contributed by atoms with Crippen LogP contribution in [-0.2, 0) is 16.1 Å². The number of carbonyl (C=O) groups is 2. The summed E-state index contributed by atoms with van der Waals surface area (Å²) in [5, 5.41) is 3.45. The maximum absolute atomic E-state index is 12.5. The van der Waals surface area contributed by atoms with Crippen molar-refractivity contribution < 1.29 is 9.59 Å². The number of benzene rings is 2. The molecule has 0 spiro atoms. The highest BCUT2D eigenvalue weighted by atomic mass is 35.5. The molecule has 0 unspecified atom stereocenters. The molecule has 130 valence electrons. The van der Waals surface area contributed by atoms with Gasteiger partial charge >= 0.3 is 0 Å². The van der Waals surface area contributed by atoms with Crippen LogP contribution in [0.25, 0.3) is 0 Å². The lowest BCUT2D eigenvalue weighted by Crippen LogP contribution is -2.28. The van der Waals surface area contributed by atoms with E-state index in [1.54, 1.807) is 23.1 Å². The van der Waals surface area contributed by atoms with Crippen molar-refractivity contribution in [1.29, 1.82) is 0 Å². The zero-order valence-corrected chi connectivity index (χ0v) is 15.3. The van der Waals surface area contributed by atoms with Crippen LogP contribution in [0.1, 0.15) is 17.5 Å². The Kier molecular flexibility index (Phi) is 5.30. The van der Waals surface area contributed by atoms with Crippen molar-refractivity contribution in [2.24, 2.45) is 5.92 Å². The molecule has 0 aliphatic carbocycles. The summed E-state index contributed by atoms with van der Waals surface area (Å²) in [5.41, 5.74) is 2.69. The molecule has 0 radical (unpaired) electrons. The molecule has 3 rings (SSSR count). The quantitative estimate of drug-likeness (QED) is 0.864. The Morgan fingerprint density at radius 2 is 1.92 bits per heavy atom. The average molecular weight is 377 g/mol. The van der Waals surface area contributed by atoms with Gasteiger partial charge in [0.25, 0.3) is 0 Å². The molecule has 0 aromatic heterocycles. The average Bonchev–Trinajstić information content (AvgIpc) is 2.95. The van der Waals surface area contributed by atoms with Crippen LogP contribution in [0.2, 0.25) is 10.0 Å². The lowest BCUT2D eigenvalue weighted by Gasteiger charge is -2.17. The molecule has 2 aromatic carbocycles. The monoisotopic (exact) mass is 376 g/mol. The molecule has 1 aliphatic rings. The SMILES string of the molecule is Cc1ccc(CN2C[C@H](C(=O)Nc3cccc(Cl)c3Cl)CC2=O)cc1. The third-order valence-electron chi connectivity index (χ3n) is 4.29. The van der Waals surface area contributed by atoms with Gasteiger partial charge in [-0.1, -0.05) is 59.1 Å². The van der Waals surface area contributed by atoms with Crippen LogP contribution in [0, 0.1) is 12.8 Å². The first-order valence-electron chi connectivity index (χ1n) is 8.02. The molecule has 1 fully saturated rings. The lowest BCUT2D eigenvalue weighted by molar-refractivity contribution is -0.128. The van der Waals surface area contributed by atoms with E-state index in [0.29, 0.717) is 28.8 Å². The van der Waals surface area contributed by atoms with Gasteiger partial charge in [0.2, 0.25) is 11.8 Å². The Labute approximate surface area is 156 Å². The van der Waals surface area contributed by atoms with Gasteiger partial charge < -0.3 is 10.2 Å². The van der Waals surface area contributed by atoms with Crippen LogP contribution >= 0.6 is 23.2 Å². The molecule has 2 amide bonds. The molecule has 2 aromatic rings. The normalized spacial score (nSPS) is 17.0. The molecule has 4 nitrogen and oxygen atoms in total. The number of halogens is 2. The molecular formula is C19H18Cl2N2O2. The Morgan fingerprint density at radius 1 is 1.20 bits per heavy atom. The number of nitrogens with one attached hydrogen (secondary N) is 1. The summed E-state index contributed by atoms with van der Waals surface area (Å²) in [6, 6.07) is 13.1. The summed E-state index contributed by atoms with van der Waals surface area (Å²) in [4.78, 5) is 26.4. The molecule has 1 atom stereocenters. The minimum Gasteiger partial charge on any atom is -0.338 e. The first-order valence-corrected chi connectivity index (χ1v) is 8.78. The van der Waals surface area contributed by atoms with Crippen LogP contribution in [0.5, 0.6) is 0 Å². The predicted molar refractivity (Wildman–Crippen MR) is 99.8 cm³/mol. The van der Waals surface area contributed by atoms with Gasteiger partial charge in [-0.25, -0.2) is 0 Å². The molecule has 1 heterocycles. The van der Waals surface area contributed by atoms with Crippen LogP contribution in [-0.4, -0.2) is 23.3 Å². The highest BCUT2D eigenvalue weighted by molar-refractivity contribution is 6.44. The summed E-state index contributed by atoms with van der Waals surface area (Å²) in [7, 11) is 0. The molecule has 25 heavy (non-hydrogen) atoms. The summed E-state index contributed by atoms with van der Waals surface area (Å²) in [6.07, 6.45) is 0.204. The summed E-state index contributed by atoms with van der Waals surface area (Å²) in [6.45, 7) is 2.93. The van der Waals surface area contributed by atoms with E-state index in [9.17, 15) is 9.59 Å². The third kappa shape index (κ3) is 4.14. The van der Waals surface area contributed by atoms with Gasteiger partial charge in [-0.2, -0.15) is 0 Å². The fourth-order valence-corrected chi connectivity index (χ4v) is 3.20. The number of aryl methyl sites for hydroxylation is 1. The minimum atomic E-state index is -0.395. The second kappa shape index (κ2) is 7.46. The van der Waals surface area contributed by atoms with Crippen LogP contribution < -0.4 is 5.32 Å². The van der Waals surface area contributed by atoms with Gasteiger partial charge in [0.15, 0.2) is 0 Å². The maximum Gasteiger partial charge on any atom is 0.229 e. The number of rotatable bonds is 4. The van der Waals surface area contributed by atoms with Gasteiger partial charge in [0.1, 0.15) is 0 Å². The fraction of sp³-hybridized carbons (Fsp3) is 0.263. The molecule has 6 heteroatoms. The van der Waals surface area contributed by atoms with Crippen molar-refractivity contribution in [2.45, 2.75) is 19.9 Å². The number of hydrogen-bond donors (Lipinski definition) is 1. The molecular weight excluding hydrogens is 359 g/mol. The first-order chi connectivity index (χ1) is 11.9. The lowest BCUT2D eigenvalue weighted by atomic mass is 10.1. The Balaban J connectivity index is 1.64. The Bertz CT molecular complexity index is 806. The fourth-order valence-electron chi connectivity index (χ4n) is 2.85. The Hall–Kier alpha value is -2.04. The zero-order valence-electron chi connectivity index (χ0n) is 13.8. The van der Waals surface area contributed by atoms with Gasteiger partial charge in [-0.05, 0) is 24.6 Å². The smallest absolute Gasteiger partial charge is 0.229 e. The summed E-state index contributed by atoms with van der Waals surface area (Å²) < 4.78 is 0. The Morgan fingerprint density at radius 3 is 2.64 bits per heavy atom. The van der Waals surface area contributed by atoms with E-state index in [-0.39, 0.29) is 18.2 Å². The highest BCUT2D eigenvalue weighted by Gasteiger charge is 2.34. The predicted octanol–water partition coefficient (Wildman–Crippen LogP) is 4.29. The molecule has 1 N–H and O–H groups in total. The standard InChI is InChI=1S/C19H18Cl2N2O2/c1-12-5-7-13(8-6-12)10-23-11-14(9-17(23)24)19(25)22-16-4-2-3-15(20)18(16)21/h2-8,14H,9-11H2,1H3,(H,22,25)/t14-/m1/s1. The van der Waals surface area contributed by atoms with Gasteiger partial charge in [0, 0.05) is 19.5 Å². The number of likely N-dealkylation sites (tertiary alicyclic amines) is 1. The van der Waals surface area contributed by atoms with Gasteiger partial charge in [-0.3, -0.25) is 9.59 Å². The van der Waals surface area contributed by atoms with Crippen LogP contribution in [0.4, 0.5) is 5.69 Å². The van der Waals surface area contributed by atoms with Crippen molar-refractivity contribution in [2.75, 3.05) is 11.9 Å². The topological polar surface area (TPSA) is 49.4 Å². The minimum absolute atomic E-state index is 0.0158. The third-order valence-corrected chi connectivity index (χ3v) is 5.11. The largest absolute Gasteiger partial charge is 0.338 e. The zero-order chi connectivity index (χ0) is 18.0. The molecule has 0 saturated carbocycles. The van der Waals surface area contributed by atoms with Crippen molar-refractivity contribution >= 4 is 40.7 Å². The van der Waals surface area contributed by atoms with Crippen LogP contribution in [0.3, 0.4) is 0 Å². The molecule has 1 saturated heterocycles. The maximum atomic E-state index is 12.5. The van der Waals surface area contributed by atoms with Gasteiger partial charge in [0.05, 0.1) is 21.7 Å². The number of hydrogen-bond acceptors (Lipinski definition) is 2. The summed E-state index contributed by atoms with van der Waals surface area (Å²) in [5.74, 6) is -0.630. The van der Waals surface area contributed by atoms with E-state index >= 15 is 0 Å². The number of amides is 2. The molecule has 1 aliphatic heterocycles.